The Labute approximate surface area is 117 Å². The van der Waals surface area contributed by atoms with Crippen LogP contribution in [0.4, 0.5) is 5.82 Å². The number of pyridine rings is 1. The van der Waals surface area contributed by atoms with Crippen molar-refractivity contribution in [3.63, 3.8) is 0 Å². The number of furan rings is 1. The molecule has 0 aromatic carbocycles. The van der Waals surface area contributed by atoms with E-state index in [1.807, 2.05) is 31.1 Å². The van der Waals surface area contributed by atoms with Crippen molar-refractivity contribution in [3.05, 3.63) is 54.1 Å². The van der Waals surface area contributed by atoms with Gasteiger partial charge in [-0.2, -0.15) is 0 Å². The molecule has 0 radical (unpaired) electrons. The zero-order valence-corrected chi connectivity index (χ0v) is 11.5. The average molecular weight is 271 g/mol. The van der Waals surface area contributed by atoms with Crippen LogP contribution in [-0.4, -0.2) is 25.0 Å². The standard InChI is InChI=1S/C15H17N3O2/c1-18(2)14-10-12(7-8-16-14)11-17-15(19)6-5-13-4-3-9-20-13/h3-10H,11H2,1-2H3,(H,17,19)/b6-5+. The number of aromatic nitrogens is 1. The first-order valence-electron chi connectivity index (χ1n) is 6.27. The van der Waals surface area contributed by atoms with Gasteiger partial charge in [0.2, 0.25) is 5.91 Å². The quantitative estimate of drug-likeness (QED) is 0.846. The Hall–Kier alpha value is -2.56. The van der Waals surface area contributed by atoms with E-state index in [1.165, 1.54) is 6.08 Å². The van der Waals surface area contributed by atoms with Crippen LogP contribution in [0.3, 0.4) is 0 Å². The highest BCUT2D eigenvalue weighted by molar-refractivity contribution is 5.91. The first-order valence-corrected chi connectivity index (χ1v) is 6.27. The lowest BCUT2D eigenvalue weighted by Crippen LogP contribution is -2.20. The zero-order valence-electron chi connectivity index (χ0n) is 11.5. The van der Waals surface area contributed by atoms with Crippen molar-refractivity contribution in [2.24, 2.45) is 0 Å². The van der Waals surface area contributed by atoms with Crippen molar-refractivity contribution in [2.75, 3.05) is 19.0 Å². The van der Waals surface area contributed by atoms with E-state index in [0.717, 1.165) is 11.4 Å². The maximum absolute atomic E-state index is 11.7. The summed E-state index contributed by atoms with van der Waals surface area (Å²) >= 11 is 0. The Morgan fingerprint density at radius 3 is 3.00 bits per heavy atom. The minimum Gasteiger partial charge on any atom is -0.465 e. The van der Waals surface area contributed by atoms with E-state index in [2.05, 4.69) is 10.3 Å². The van der Waals surface area contributed by atoms with Crippen LogP contribution in [0.2, 0.25) is 0 Å². The van der Waals surface area contributed by atoms with Crippen LogP contribution < -0.4 is 10.2 Å². The molecular weight excluding hydrogens is 254 g/mol. The fourth-order valence-electron chi connectivity index (χ4n) is 1.61. The van der Waals surface area contributed by atoms with E-state index in [-0.39, 0.29) is 5.91 Å². The van der Waals surface area contributed by atoms with Crippen molar-refractivity contribution in [1.29, 1.82) is 0 Å². The summed E-state index contributed by atoms with van der Waals surface area (Å²) in [6, 6.07) is 7.38. The summed E-state index contributed by atoms with van der Waals surface area (Å²) in [6.45, 7) is 0.463. The van der Waals surface area contributed by atoms with Gasteiger partial charge in [-0.05, 0) is 35.9 Å². The first-order chi connectivity index (χ1) is 9.65. The van der Waals surface area contributed by atoms with Gasteiger partial charge in [0.15, 0.2) is 0 Å². The molecule has 2 aromatic rings. The van der Waals surface area contributed by atoms with Crippen LogP contribution in [0.15, 0.2) is 47.2 Å². The number of nitrogens with zero attached hydrogens (tertiary/aromatic N) is 2. The van der Waals surface area contributed by atoms with Crippen LogP contribution in [0.5, 0.6) is 0 Å². The zero-order chi connectivity index (χ0) is 14.4. The molecule has 0 aliphatic rings. The maximum Gasteiger partial charge on any atom is 0.244 e. The molecule has 0 fully saturated rings. The molecule has 20 heavy (non-hydrogen) atoms. The maximum atomic E-state index is 11.7. The first kappa shape index (κ1) is 13.9. The average Bonchev–Trinajstić information content (AvgIpc) is 2.96. The number of carbonyl (C=O) groups is 1. The monoisotopic (exact) mass is 271 g/mol. The molecule has 0 spiro atoms. The number of amides is 1. The minimum atomic E-state index is -0.162. The third kappa shape index (κ3) is 3.98. The summed E-state index contributed by atoms with van der Waals surface area (Å²) in [5, 5.41) is 2.81. The van der Waals surface area contributed by atoms with Gasteiger partial charge < -0.3 is 14.6 Å². The lowest BCUT2D eigenvalue weighted by molar-refractivity contribution is -0.116. The van der Waals surface area contributed by atoms with Crippen molar-refractivity contribution in [1.82, 2.24) is 10.3 Å². The molecule has 0 atom stereocenters. The number of anilines is 1. The largest absolute Gasteiger partial charge is 0.465 e. The molecule has 0 aliphatic heterocycles. The number of hydrogen-bond acceptors (Lipinski definition) is 4. The molecule has 0 saturated heterocycles. The molecule has 2 aromatic heterocycles. The number of rotatable bonds is 5. The fourth-order valence-corrected chi connectivity index (χ4v) is 1.61. The van der Waals surface area contributed by atoms with E-state index in [0.29, 0.717) is 12.3 Å². The smallest absolute Gasteiger partial charge is 0.244 e. The van der Waals surface area contributed by atoms with Gasteiger partial charge in [-0.15, -0.1) is 0 Å². The SMILES string of the molecule is CN(C)c1cc(CNC(=O)/C=C/c2ccco2)ccn1. The molecule has 0 bridgehead atoms. The van der Waals surface area contributed by atoms with Crippen molar-refractivity contribution < 1.29 is 9.21 Å². The molecular formula is C15H17N3O2. The number of carbonyl (C=O) groups excluding carboxylic acids is 1. The second-order valence-corrected chi connectivity index (χ2v) is 4.48. The van der Waals surface area contributed by atoms with Crippen LogP contribution in [0, 0.1) is 0 Å². The Morgan fingerprint density at radius 2 is 2.30 bits per heavy atom. The van der Waals surface area contributed by atoms with Crippen LogP contribution in [0.1, 0.15) is 11.3 Å². The normalized spacial score (nSPS) is 10.7. The van der Waals surface area contributed by atoms with Gasteiger partial charge in [-0.1, -0.05) is 0 Å². The van der Waals surface area contributed by atoms with Gasteiger partial charge >= 0.3 is 0 Å². The summed E-state index contributed by atoms with van der Waals surface area (Å²) in [6.07, 6.45) is 6.38. The Kier molecular flexibility index (Phi) is 4.55. The molecule has 0 unspecified atom stereocenters. The second-order valence-electron chi connectivity index (χ2n) is 4.48. The second kappa shape index (κ2) is 6.56. The molecule has 0 saturated carbocycles. The molecule has 5 nitrogen and oxygen atoms in total. The van der Waals surface area contributed by atoms with E-state index >= 15 is 0 Å². The lowest BCUT2D eigenvalue weighted by Gasteiger charge is -2.12. The van der Waals surface area contributed by atoms with Crippen molar-refractivity contribution >= 4 is 17.8 Å². The minimum absolute atomic E-state index is 0.162. The van der Waals surface area contributed by atoms with Gasteiger partial charge in [0.1, 0.15) is 11.6 Å². The van der Waals surface area contributed by atoms with Crippen LogP contribution in [0.25, 0.3) is 6.08 Å². The van der Waals surface area contributed by atoms with Gasteiger partial charge in [0.25, 0.3) is 0 Å². The lowest BCUT2D eigenvalue weighted by atomic mass is 10.2. The highest BCUT2D eigenvalue weighted by Crippen LogP contribution is 2.09. The molecule has 2 heterocycles. The molecule has 5 heteroatoms. The predicted molar refractivity (Wildman–Crippen MR) is 78.2 cm³/mol. The Bertz CT molecular complexity index is 589. The van der Waals surface area contributed by atoms with E-state index in [1.54, 1.807) is 30.7 Å². The summed E-state index contributed by atoms with van der Waals surface area (Å²) in [5.41, 5.74) is 1.00. The number of hydrogen-bond donors (Lipinski definition) is 1. The highest BCUT2D eigenvalue weighted by Gasteiger charge is 2.01. The summed E-state index contributed by atoms with van der Waals surface area (Å²) < 4.78 is 5.11. The van der Waals surface area contributed by atoms with Gasteiger partial charge in [-0.3, -0.25) is 4.79 Å². The Balaban J connectivity index is 1.88. The van der Waals surface area contributed by atoms with Crippen molar-refractivity contribution in [2.45, 2.75) is 6.54 Å². The highest BCUT2D eigenvalue weighted by atomic mass is 16.3. The molecule has 1 amide bonds. The fraction of sp³-hybridized carbons (Fsp3) is 0.200. The van der Waals surface area contributed by atoms with Gasteiger partial charge in [0, 0.05) is 32.9 Å². The van der Waals surface area contributed by atoms with E-state index in [9.17, 15) is 4.79 Å². The Morgan fingerprint density at radius 1 is 1.45 bits per heavy atom. The summed E-state index contributed by atoms with van der Waals surface area (Å²) in [4.78, 5) is 17.8. The predicted octanol–water partition coefficient (Wildman–Crippen LogP) is 2.07. The topological polar surface area (TPSA) is 58.4 Å². The summed E-state index contributed by atoms with van der Waals surface area (Å²) in [5.74, 6) is 1.35. The van der Waals surface area contributed by atoms with E-state index in [4.69, 9.17) is 4.42 Å². The molecule has 0 aliphatic carbocycles. The third-order valence-electron chi connectivity index (χ3n) is 2.68. The van der Waals surface area contributed by atoms with Crippen molar-refractivity contribution in [3.8, 4) is 0 Å². The van der Waals surface area contributed by atoms with Crippen LogP contribution in [-0.2, 0) is 11.3 Å². The summed E-state index contributed by atoms with van der Waals surface area (Å²) in [7, 11) is 3.85. The molecule has 2 rings (SSSR count). The van der Waals surface area contributed by atoms with E-state index < -0.39 is 0 Å². The van der Waals surface area contributed by atoms with Crippen LogP contribution >= 0.6 is 0 Å². The number of nitrogens with one attached hydrogen (secondary N) is 1. The van der Waals surface area contributed by atoms with Gasteiger partial charge in [-0.25, -0.2) is 4.98 Å². The molecule has 104 valence electrons. The molecule has 1 N–H and O–H groups in total. The van der Waals surface area contributed by atoms with Gasteiger partial charge in [0.05, 0.1) is 6.26 Å². The third-order valence-corrected chi connectivity index (χ3v) is 2.68.